The second kappa shape index (κ2) is 7.85. The van der Waals surface area contributed by atoms with Crippen molar-refractivity contribution in [2.45, 2.75) is 0 Å². The van der Waals surface area contributed by atoms with E-state index in [4.69, 9.17) is 24.9 Å². The zero-order valence-corrected chi connectivity index (χ0v) is 15.4. The molecular formula is C20H24N4O3. The number of methoxy groups -OCH3 is 1. The maximum Gasteiger partial charge on any atom is 0.180 e. The number of imidazole rings is 1. The van der Waals surface area contributed by atoms with E-state index in [1.54, 1.807) is 7.11 Å². The first kappa shape index (κ1) is 17.6. The molecule has 3 heterocycles. The van der Waals surface area contributed by atoms with Crippen molar-refractivity contribution in [1.29, 1.82) is 0 Å². The molecule has 0 radical (unpaired) electrons. The van der Waals surface area contributed by atoms with Crippen molar-refractivity contribution in [1.82, 2.24) is 14.3 Å². The first-order valence-electron chi connectivity index (χ1n) is 9.09. The third-order valence-corrected chi connectivity index (χ3v) is 4.74. The molecule has 2 aromatic heterocycles. The van der Waals surface area contributed by atoms with Crippen LogP contribution < -0.4 is 15.2 Å². The van der Waals surface area contributed by atoms with Crippen LogP contribution >= 0.6 is 0 Å². The molecule has 0 unspecified atom stereocenters. The summed E-state index contributed by atoms with van der Waals surface area (Å²) in [5.41, 5.74) is 9.20. The van der Waals surface area contributed by atoms with Crippen LogP contribution in [-0.2, 0) is 4.74 Å². The van der Waals surface area contributed by atoms with Crippen LogP contribution in [-0.4, -0.2) is 60.8 Å². The Balaban J connectivity index is 1.52. The molecule has 7 heteroatoms. The number of benzene rings is 1. The summed E-state index contributed by atoms with van der Waals surface area (Å²) in [6.07, 6.45) is 3.94. The van der Waals surface area contributed by atoms with E-state index in [2.05, 4.69) is 4.90 Å². The lowest BCUT2D eigenvalue weighted by Gasteiger charge is -2.26. The van der Waals surface area contributed by atoms with Gasteiger partial charge < -0.3 is 24.3 Å². The van der Waals surface area contributed by atoms with E-state index >= 15 is 0 Å². The van der Waals surface area contributed by atoms with Crippen LogP contribution in [0.25, 0.3) is 16.9 Å². The standard InChI is InChI=1S/C20H24N4O3/c1-25-18-5-4-15(13-16(18)21)17-14-24-6-2-3-19(20(24)22-17)27-12-9-23-7-10-26-11-8-23/h2-6,13-14H,7-12,21H2,1H3. The lowest BCUT2D eigenvalue weighted by Crippen LogP contribution is -2.38. The van der Waals surface area contributed by atoms with E-state index in [-0.39, 0.29) is 0 Å². The van der Waals surface area contributed by atoms with Crippen LogP contribution in [0.1, 0.15) is 0 Å². The zero-order valence-electron chi connectivity index (χ0n) is 15.4. The van der Waals surface area contributed by atoms with Gasteiger partial charge in [-0.1, -0.05) is 0 Å². The Labute approximate surface area is 158 Å². The number of aromatic nitrogens is 2. The summed E-state index contributed by atoms with van der Waals surface area (Å²) in [7, 11) is 1.61. The summed E-state index contributed by atoms with van der Waals surface area (Å²) in [6.45, 7) is 5.01. The molecule has 1 aliphatic rings. The molecular weight excluding hydrogens is 344 g/mol. The van der Waals surface area contributed by atoms with Gasteiger partial charge in [0.2, 0.25) is 0 Å². The Kier molecular flexibility index (Phi) is 5.13. The van der Waals surface area contributed by atoms with Gasteiger partial charge in [-0.2, -0.15) is 0 Å². The highest BCUT2D eigenvalue weighted by Gasteiger charge is 2.13. The number of hydrogen-bond acceptors (Lipinski definition) is 6. The Hall–Kier alpha value is -2.77. The number of ether oxygens (including phenoxy) is 3. The topological polar surface area (TPSA) is 74.2 Å². The number of anilines is 1. The van der Waals surface area contributed by atoms with Gasteiger partial charge in [0.15, 0.2) is 11.4 Å². The molecule has 2 N–H and O–H groups in total. The number of morpholine rings is 1. The summed E-state index contributed by atoms with van der Waals surface area (Å²) in [5, 5.41) is 0. The predicted molar refractivity (Wildman–Crippen MR) is 104 cm³/mol. The molecule has 0 amide bonds. The van der Waals surface area contributed by atoms with E-state index in [9.17, 15) is 0 Å². The van der Waals surface area contributed by atoms with Gasteiger partial charge >= 0.3 is 0 Å². The van der Waals surface area contributed by atoms with E-state index < -0.39 is 0 Å². The first-order chi connectivity index (χ1) is 13.2. The van der Waals surface area contributed by atoms with Crippen molar-refractivity contribution in [2.24, 2.45) is 0 Å². The quantitative estimate of drug-likeness (QED) is 0.673. The Morgan fingerprint density at radius 3 is 2.81 bits per heavy atom. The first-order valence-corrected chi connectivity index (χ1v) is 9.09. The SMILES string of the molecule is COc1ccc(-c2cn3cccc(OCCN4CCOCC4)c3n2)cc1N. The molecule has 0 atom stereocenters. The summed E-state index contributed by atoms with van der Waals surface area (Å²) < 4.78 is 18.6. The maximum absolute atomic E-state index is 6.03. The number of nitrogen functional groups attached to an aromatic ring is 1. The molecule has 0 saturated carbocycles. The smallest absolute Gasteiger partial charge is 0.180 e. The molecule has 0 bridgehead atoms. The third kappa shape index (κ3) is 3.84. The molecule has 0 spiro atoms. The summed E-state index contributed by atoms with van der Waals surface area (Å²) >= 11 is 0. The van der Waals surface area contributed by atoms with Gasteiger partial charge in [0.25, 0.3) is 0 Å². The number of nitrogens with zero attached hydrogens (tertiary/aromatic N) is 3. The van der Waals surface area contributed by atoms with Crippen LogP contribution in [0.15, 0.2) is 42.7 Å². The van der Waals surface area contributed by atoms with Gasteiger partial charge in [0.1, 0.15) is 12.4 Å². The van der Waals surface area contributed by atoms with Crippen LogP contribution in [0.2, 0.25) is 0 Å². The van der Waals surface area contributed by atoms with Gasteiger partial charge in [0, 0.05) is 37.6 Å². The third-order valence-electron chi connectivity index (χ3n) is 4.74. The van der Waals surface area contributed by atoms with Crippen molar-refractivity contribution in [3.05, 3.63) is 42.7 Å². The molecule has 7 nitrogen and oxygen atoms in total. The van der Waals surface area contributed by atoms with E-state index in [1.165, 1.54) is 0 Å². The number of fused-ring (bicyclic) bond motifs is 1. The Morgan fingerprint density at radius 1 is 1.19 bits per heavy atom. The molecule has 1 aliphatic heterocycles. The average Bonchev–Trinajstić information content (AvgIpc) is 3.14. The fourth-order valence-electron chi connectivity index (χ4n) is 3.24. The van der Waals surface area contributed by atoms with Crippen molar-refractivity contribution >= 4 is 11.3 Å². The van der Waals surface area contributed by atoms with E-state index in [0.29, 0.717) is 18.0 Å². The summed E-state index contributed by atoms with van der Waals surface area (Å²) in [5.74, 6) is 1.44. The van der Waals surface area contributed by atoms with Gasteiger partial charge in [-0.3, -0.25) is 4.90 Å². The van der Waals surface area contributed by atoms with Crippen LogP contribution in [0.4, 0.5) is 5.69 Å². The van der Waals surface area contributed by atoms with Crippen molar-refractivity contribution in [2.75, 3.05) is 52.3 Å². The second-order valence-electron chi connectivity index (χ2n) is 6.49. The minimum Gasteiger partial charge on any atom is -0.495 e. The monoisotopic (exact) mass is 368 g/mol. The molecule has 1 fully saturated rings. The molecule has 1 aromatic carbocycles. The summed E-state index contributed by atoms with van der Waals surface area (Å²) in [4.78, 5) is 7.10. The summed E-state index contributed by atoms with van der Waals surface area (Å²) in [6, 6.07) is 9.60. The average molecular weight is 368 g/mol. The highest BCUT2D eigenvalue weighted by molar-refractivity contribution is 5.71. The molecule has 27 heavy (non-hydrogen) atoms. The Morgan fingerprint density at radius 2 is 2.04 bits per heavy atom. The van der Waals surface area contributed by atoms with Gasteiger partial charge in [0.05, 0.1) is 31.7 Å². The number of rotatable bonds is 6. The van der Waals surface area contributed by atoms with Crippen LogP contribution in [0.3, 0.4) is 0 Å². The fourth-order valence-corrected chi connectivity index (χ4v) is 3.24. The number of pyridine rings is 1. The predicted octanol–water partition coefficient (Wildman–Crippen LogP) is 2.30. The number of nitrogens with two attached hydrogens (primary N) is 1. The van der Waals surface area contributed by atoms with Gasteiger partial charge in [-0.05, 0) is 30.3 Å². The fraction of sp³-hybridized carbons (Fsp3) is 0.350. The molecule has 142 valence electrons. The normalized spacial score (nSPS) is 15.1. The maximum atomic E-state index is 6.03. The van der Waals surface area contributed by atoms with Crippen molar-refractivity contribution < 1.29 is 14.2 Å². The molecule has 4 rings (SSSR count). The minimum atomic E-state index is 0.592. The zero-order chi connectivity index (χ0) is 18.6. The Bertz CT molecular complexity index is 919. The van der Waals surface area contributed by atoms with Crippen molar-refractivity contribution in [3.8, 4) is 22.8 Å². The molecule has 1 saturated heterocycles. The lowest BCUT2D eigenvalue weighted by atomic mass is 10.1. The van der Waals surface area contributed by atoms with Crippen molar-refractivity contribution in [3.63, 3.8) is 0 Å². The second-order valence-corrected chi connectivity index (χ2v) is 6.49. The van der Waals surface area contributed by atoms with Crippen LogP contribution in [0, 0.1) is 0 Å². The lowest BCUT2D eigenvalue weighted by molar-refractivity contribution is 0.0323. The molecule has 3 aromatic rings. The van der Waals surface area contributed by atoms with Gasteiger partial charge in [-0.25, -0.2) is 4.98 Å². The van der Waals surface area contributed by atoms with E-state index in [1.807, 2.05) is 47.1 Å². The number of hydrogen-bond donors (Lipinski definition) is 1. The minimum absolute atomic E-state index is 0.592. The highest BCUT2D eigenvalue weighted by atomic mass is 16.5. The molecule has 0 aliphatic carbocycles. The van der Waals surface area contributed by atoms with E-state index in [0.717, 1.165) is 55.5 Å². The van der Waals surface area contributed by atoms with Crippen LogP contribution in [0.5, 0.6) is 11.5 Å². The van der Waals surface area contributed by atoms with Gasteiger partial charge in [-0.15, -0.1) is 0 Å². The highest BCUT2D eigenvalue weighted by Crippen LogP contribution is 2.29. The largest absolute Gasteiger partial charge is 0.495 e.